The van der Waals surface area contributed by atoms with Gasteiger partial charge in [0, 0.05) is 24.8 Å². The van der Waals surface area contributed by atoms with Crippen LogP contribution in [0.3, 0.4) is 0 Å². The summed E-state index contributed by atoms with van der Waals surface area (Å²) < 4.78 is 12.6. The normalized spacial score (nSPS) is 10.4. The van der Waals surface area contributed by atoms with Crippen LogP contribution in [-0.2, 0) is 11.5 Å². The summed E-state index contributed by atoms with van der Waals surface area (Å²) in [7, 11) is 0. The maximum atomic E-state index is 5.92. The summed E-state index contributed by atoms with van der Waals surface area (Å²) in [6.07, 6.45) is 4.41. The van der Waals surface area contributed by atoms with Gasteiger partial charge in [-0.1, -0.05) is 17.7 Å². The molecule has 6 nitrogen and oxygen atoms in total. The Morgan fingerprint density at radius 1 is 1.42 bits per heavy atom. The van der Waals surface area contributed by atoms with E-state index in [1.54, 1.807) is 23.0 Å². The lowest BCUT2D eigenvalue weighted by Crippen LogP contribution is -2.29. The Morgan fingerprint density at radius 2 is 2.29 bits per heavy atom. The number of nitrogens with zero attached hydrogens (tertiary/aromatic N) is 2. The van der Waals surface area contributed by atoms with Crippen molar-refractivity contribution >= 4 is 34.6 Å². The van der Waals surface area contributed by atoms with Gasteiger partial charge in [-0.3, -0.25) is 0 Å². The van der Waals surface area contributed by atoms with Crippen molar-refractivity contribution in [2.75, 3.05) is 25.1 Å². The number of benzene rings is 1. The van der Waals surface area contributed by atoms with E-state index in [0.717, 1.165) is 31.9 Å². The number of nitrogens with one attached hydrogen (secondary N) is 2. The molecule has 0 amide bonds. The molecule has 1 aromatic heterocycles. The molecular formula is C16H21ClN4O2S. The van der Waals surface area contributed by atoms with Gasteiger partial charge in [0.25, 0.3) is 0 Å². The second-order valence-electron chi connectivity index (χ2n) is 4.93. The highest BCUT2D eigenvalue weighted by atomic mass is 35.5. The molecule has 0 atom stereocenters. The number of aromatic nitrogens is 2. The first kappa shape index (κ1) is 18.5. The summed E-state index contributed by atoms with van der Waals surface area (Å²) in [5, 5.41) is 11.6. The molecule has 0 fully saturated rings. The smallest absolute Gasteiger partial charge is 0.180 e. The van der Waals surface area contributed by atoms with Crippen molar-refractivity contribution in [1.29, 1.82) is 0 Å². The van der Waals surface area contributed by atoms with Crippen LogP contribution in [0.1, 0.15) is 13.3 Å². The summed E-state index contributed by atoms with van der Waals surface area (Å²) in [6.45, 7) is 4.49. The van der Waals surface area contributed by atoms with Gasteiger partial charge < -0.3 is 20.1 Å². The van der Waals surface area contributed by atoms with E-state index in [9.17, 15) is 0 Å². The predicted octanol–water partition coefficient (Wildman–Crippen LogP) is 3.29. The zero-order chi connectivity index (χ0) is 17.2. The monoisotopic (exact) mass is 368 g/mol. The Morgan fingerprint density at radius 3 is 3.08 bits per heavy atom. The molecule has 24 heavy (non-hydrogen) atoms. The first-order valence-corrected chi connectivity index (χ1v) is 8.49. The predicted molar refractivity (Wildman–Crippen MR) is 99.6 cm³/mol. The summed E-state index contributed by atoms with van der Waals surface area (Å²) in [5.74, 6) is 0.694. The van der Waals surface area contributed by atoms with Gasteiger partial charge in [-0.2, -0.15) is 5.10 Å². The third-order valence-corrected chi connectivity index (χ3v) is 3.49. The number of anilines is 1. The van der Waals surface area contributed by atoms with Crippen LogP contribution in [0, 0.1) is 0 Å². The number of halogens is 1. The topological polar surface area (TPSA) is 60.3 Å². The van der Waals surface area contributed by atoms with E-state index in [1.807, 2.05) is 25.3 Å². The molecule has 0 aliphatic heterocycles. The molecule has 0 aliphatic carbocycles. The lowest BCUT2D eigenvalue weighted by Gasteiger charge is -2.09. The lowest BCUT2D eigenvalue weighted by molar-refractivity contribution is 0.146. The van der Waals surface area contributed by atoms with Crippen molar-refractivity contribution in [3.8, 4) is 5.75 Å². The molecule has 1 heterocycles. The SMILES string of the molecule is CCOCCCNC(=S)Nc1cnn(COc2cccc(Cl)c2)c1. The zero-order valence-electron chi connectivity index (χ0n) is 13.5. The summed E-state index contributed by atoms with van der Waals surface area (Å²) >= 11 is 11.1. The van der Waals surface area contributed by atoms with Crippen LogP contribution in [-0.4, -0.2) is 34.7 Å². The van der Waals surface area contributed by atoms with Crippen molar-refractivity contribution in [1.82, 2.24) is 15.1 Å². The lowest BCUT2D eigenvalue weighted by atomic mass is 10.3. The van der Waals surface area contributed by atoms with Gasteiger partial charge in [0.1, 0.15) is 5.75 Å². The number of hydrogen-bond acceptors (Lipinski definition) is 4. The average Bonchev–Trinajstić information content (AvgIpc) is 3.00. The minimum Gasteiger partial charge on any atom is -0.471 e. The fourth-order valence-corrected chi connectivity index (χ4v) is 2.29. The van der Waals surface area contributed by atoms with Crippen molar-refractivity contribution in [3.63, 3.8) is 0 Å². The molecule has 2 aromatic rings. The standard InChI is InChI=1S/C16H21ClN4O2S/c1-2-22-8-4-7-18-16(24)20-14-10-19-21(11-14)12-23-15-6-3-5-13(17)9-15/h3,5-6,9-11H,2,4,7-8,12H2,1H3,(H2,18,20,24). The van der Waals surface area contributed by atoms with E-state index >= 15 is 0 Å². The molecule has 2 N–H and O–H groups in total. The van der Waals surface area contributed by atoms with Crippen LogP contribution in [0.2, 0.25) is 5.02 Å². The first-order valence-electron chi connectivity index (χ1n) is 7.71. The van der Waals surface area contributed by atoms with Crippen LogP contribution < -0.4 is 15.4 Å². The Balaban J connectivity index is 1.71. The highest BCUT2D eigenvalue weighted by molar-refractivity contribution is 7.80. The van der Waals surface area contributed by atoms with Crippen LogP contribution in [0.25, 0.3) is 0 Å². The van der Waals surface area contributed by atoms with Crippen LogP contribution in [0.15, 0.2) is 36.7 Å². The molecule has 1 aromatic carbocycles. The number of thiocarbonyl (C=S) groups is 1. The van der Waals surface area contributed by atoms with Crippen molar-refractivity contribution in [2.24, 2.45) is 0 Å². The van der Waals surface area contributed by atoms with Crippen LogP contribution >= 0.6 is 23.8 Å². The minimum absolute atomic E-state index is 0.288. The van der Waals surface area contributed by atoms with E-state index in [2.05, 4.69) is 15.7 Å². The third kappa shape index (κ3) is 6.74. The van der Waals surface area contributed by atoms with Crippen molar-refractivity contribution < 1.29 is 9.47 Å². The largest absolute Gasteiger partial charge is 0.471 e. The Labute approximate surface area is 152 Å². The number of rotatable bonds is 9. The van der Waals surface area contributed by atoms with E-state index in [4.69, 9.17) is 33.3 Å². The second-order valence-corrected chi connectivity index (χ2v) is 5.78. The van der Waals surface area contributed by atoms with Gasteiger partial charge in [0.15, 0.2) is 11.8 Å². The highest BCUT2D eigenvalue weighted by Crippen LogP contribution is 2.17. The number of ether oxygens (including phenoxy) is 2. The Kier molecular flexibility index (Phi) is 7.81. The van der Waals surface area contributed by atoms with Gasteiger partial charge in [0.05, 0.1) is 18.1 Å². The first-order chi connectivity index (χ1) is 11.7. The van der Waals surface area contributed by atoms with Crippen molar-refractivity contribution in [2.45, 2.75) is 20.1 Å². The molecule has 2 rings (SSSR count). The molecule has 0 unspecified atom stereocenters. The van der Waals surface area contributed by atoms with Gasteiger partial charge in [0.2, 0.25) is 0 Å². The molecule has 0 bridgehead atoms. The minimum atomic E-state index is 0.288. The number of hydrogen-bond donors (Lipinski definition) is 2. The van der Waals surface area contributed by atoms with Gasteiger partial charge in [-0.15, -0.1) is 0 Å². The summed E-state index contributed by atoms with van der Waals surface area (Å²) in [4.78, 5) is 0. The molecule has 0 saturated carbocycles. The Hall–Kier alpha value is -1.83. The fraction of sp³-hybridized carbons (Fsp3) is 0.375. The van der Waals surface area contributed by atoms with E-state index < -0.39 is 0 Å². The summed E-state index contributed by atoms with van der Waals surface area (Å²) in [5.41, 5.74) is 0.798. The molecule has 8 heteroatoms. The van der Waals surface area contributed by atoms with Gasteiger partial charge >= 0.3 is 0 Å². The fourth-order valence-electron chi connectivity index (χ4n) is 1.89. The van der Waals surface area contributed by atoms with E-state index in [1.165, 1.54) is 0 Å². The van der Waals surface area contributed by atoms with Gasteiger partial charge in [-0.25, -0.2) is 4.68 Å². The molecule has 0 saturated heterocycles. The zero-order valence-corrected chi connectivity index (χ0v) is 15.1. The molecule has 130 valence electrons. The maximum Gasteiger partial charge on any atom is 0.180 e. The quantitative estimate of drug-likeness (QED) is 0.523. The highest BCUT2D eigenvalue weighted by Gasteiger charge is 2.02. The van der Waals surface area contributed by atoms with Gasteiger partial charge in [-0.05, 0) is 43.8 Å². The third-order valence-electron chi connectivity index (χ3n) is 3.01. The van der Waals surface area contributed by atoms with Crippen LogP contribution in [0.5, 0.6) is 5.75 Å². The van der Waals surface area contributed by atoms with E-state index in [-0.39, 0.29) is 6.73 Å². The molecule has 0 spiro atoms. The molecule has 0 aliphatic rings. The Bertz CT molecular complexity index is 651. The summed E-state index contributed by atoms with van der Waals surface area (Å²) in [6, 6.07) is 7.23. The average molecular weight is 369 g/mol. The molecule has 0 radical (unpaired) electrons. The van der Waals surface area contributed by atoms with E-state index in [0.29, 0.717) is 15.9 Å². The van der Waals surface area contributed by atoms with Crippen LogP contribution in [0.4, 0.5) is 5.69 Å². The van der Waals surface area contributed by atoms with Crippen molar-refractivity contribution in [3.05, 3.63) is 41.7 Å². The maximum absolute atomic E-state index is 5.92. The molecular weight excluding hydrogens is 348 g/mol. The second kappa shape index (κ2) is 10.1.